The number of hydrogen-bond acceptors (Lipinski definition) is 1. The molecule has 0 aliphatic heterocycles. The molecule has 1 aromatic rings. The Labute approximate surface area is 60.0 Å². The van der Waals surface area contributed by atoms with E-state index in [1.54, 1.807) is 6.33 Å². The third-order valence-corrected chi connectivity index (χ3v) is 1.96. The number of fused-ring (bicyclic) bond motifs is 1. The van der Waals surface area contributed by atoms with E-state index in [1.165, 1.54) is 5.69 Å². The summed E-state index contributed by atoms with van der Waals surface area (Å²) in [6.45, 7) is 2.21. The molecule has 0 aromatic carbocycles. The molecule has 2 nitrogen and oxygen atoms in total. The van der Waals surface area contributed by atoms with Crippen LogP contribution in [0.1, 0.15) is 30.7 Å². The van der Waals surface area contributed by atoms with Crippen LogP contribution >= 0.6 is 0 Å². The van der Waals surface area contributed by atoms with Crippen molar-refractivity contribution in [1.29, 1.82) is 0 Å². The maximum atomic E-state index is 4.16. The predicted molar refractivity (Wildman–Crippen MR) is 40.7 cm³/mol. The van der Waals surface area contributed by atoms with Crippen molar-refractivity contribution < 1.29 is 0 Å². The number of aromatic nitrogens is 2. The highest BCUT2D eigenvalue weighted by atomic mass is 14.9. The zero-order valence-corrected chi connectivity index (χ0v) is 5.96. The van der Waals surface area contributed by atoms with Crippen molar-refractivity contribution in [2.45, 2.75) is 19.3 Å². The number of allylic oxidation sites excluding steroid dienone is 1. The minimum atomic E-state index is 0.613. The van der Waals surface area contributed by atoms with Crippen molar-refractivity contribution in [3.8, 4) is 0 Å². The molecule has 52 valence electrons. The number of nitrogens with zero attached hydrogens (tertiary/aromatic N) is 1. The first-order chi connectivity index (χ1) is 4.88. The van der Waals surface area contributed by atoms with E-state index in [9.17, 15) is 0 Å². The molecule has 0 saturated heterocycles. The lowest BCUT2D eigenvalue weighted by Gasteiger charge is -2.10. The largest absolute Gasteiger partial charge is 0.348 e. The van der Waals surface area contributed by atoms with Gasteiger partial charge in [0, 0.05) is 11.6 Å². The highest BCUT2D eigenvalue weighted by molar-refractivity contribution is 5.51. The van der Waals surface area contributed by atoms with Crippen LogP contribution in [0.4, 0.5) is 0 Å². The van der Waals surface area contributed by atoms with Crippen molar-refractivity contribution in [2.75, 3.05) is 0 Å². The summed E-state index contributed by atoms with van der Waals surface area (Å²) >= 11 is 0. The molecule has 0 saturated carbocycles. The van der Waals surface area contributed by atoms with E-state index in [0.29, 0.717) is 5.92 Å². The second-order valence-corrected chi connectivity index (χ2v) is 2.74. The summed E-state index contributed by atoms with van der Waals surface area (Å²) < 4.78 is 0. The van der Waals surface area contributed by atoms with Gasteiger partial charge < -0.3 is 4.98 Å². The Morgan fingerprint density at radius 3 is 3.40 bits per heavy atom. The summed E-state index contributed by atoms with van der Waals surface area (Å²) in [5.74, 6) is 0.613. The molecule has 2 rings (SSSR count). The number of rotatable bonds is 0. The van der Waals surface area contributed by atoms with Crippen LogP contribution in [0.5, 0.6) is 0 Å². The molecule has 1 aliphatic carbocycles. The lowest BCUT2D eigenvalue weighted by molar-refractivity contribution is 0.746. The summed E-state index contributed by atoms with van der Waals surface area (Å²) in [7, 11) is 0. The molecule has 1 unspecified atom stereocenters. The average Bonchev–Trinajstić information content (AvgIpc) is 2.36. The maximum Gasteiger partial charge on any atom is 0.0929 e. The van der Waals surface area contributed by atoms with Gasteiger partial charge in [0.2, 0.25) is 0 Å². The van der Waals surface area contributed by atoms with Crippen LogP contribution in [0.2, 0.25) is 0 Å². The first kappa shape index (κ1) is 5.71. The Kier molecular flexibility index (Phi) is 1.13. The van der Waals surface area contributed by atoms with Crippen LogP contribution in [-0.2, 0) is 0 Å². The number of hydrogen-bond donors (Lipinski definition) is 1. The van der Waals surface area contributed by atoms with E-state index < -0.39 is 0 Å². The Bertz CT molecular complexity index is 260. The summed E-state index contributed by atoms with van der Waals surface area (Å²) in [6.07, 6.45) is 7.14. The average molecular weight is 134 g/mol. The van der Waals surface area contributed by atoms with Crippen molar-refractivity contribution in [3.63, 3.8) is 0 Å². The standard InChI is InChI=1S/C8H10N2/c1-6-3-2-4-7-8(6)10-5-9-7/h2,4-6H,3H2,1H3,(H,9,10). The first-order valence-electron chi connectivity index (χ1n) is 3.58. The van der Waals surface area contributed by atoms with Gasteiger partial charge in [-0.15, -0.1) is 0 Å². The molecular formula is C8H10N2. The van der Waals surface area contributed by atoms with Gasteiger partial charge in [-0.05, 0) is 12.5 Å². The topological polar surface area (TPSA) is 28.7 Å². The summed E-state index contributed by atoms with van der Waals surface area (Å²) in [5.41, 5.74) is 2.39. The Hall–Kier alpha value is -1.05. The predicted octanol–water partition coefficient (Wildman–Crippen LogP) is 1.93. The van der Waals surface area contributed by atoms with Gasteiger partial charge in [-0.25, -0.2) is 4.98 Å². The molecule has 1 aliphatic rings. The van der Waals surface area contributed by atoms with Gasteiger partial charge in [0.15, 0.2) is 0 Å². The Morgan fingerprint density at radius 1 is 1.70 bits per heavy atom. The first-order valence-corrected chi connectivity index (χ1v) is 3.58. The van der Waals surface area contributed by atoms with Crippen molar-refractivity contribution >= 4 is 6.08 Å². The number of H-pyrrole nitrogens is 1. The van der Waals surface area contributed by atoms with Crippen molar-refractivity contribution in [3.05, 3.63) is 23.8 Å². The van der Waals surface area contributed by atoms with Gasteiger partial charge in [0.25, 0.3) is 0 Å². The monoisotopic (exact) mass is 134 g/mol. The second-order valence-electron chi connectivity index (χ2n) is 2.74. The summed E-state index contributed by atoms with van der Waals surface area (Å²) in [4.78, 5) is 7.31. The smallest absolute Gasteiger partial charge is 0.0929 e. The highest BCUT2D eigenvalue weighted by Crippen LogP contribution is 2.25. The molecule has 0 amide bonds. The van der Waals surface area contributed by atoms with Crippen molar-refractivity contribution in [2.24, 2.45) is 0 Å². The van der Waals surface area contributed by atoms with E-state index in [1.807, 2.05) is 0 Å². The van der Waals surface area contributed by atoms with Crippen LogP contribution < -0.4 is 0 Å². The molecular weight excluding hydrogens is 124 g/mol. The fourth-order valence-electron chi connectivity index (χ4n) is 1.34. The zero-order valence-electron chi connectivity index (χ0n) is 5.96. The van der Waals surface area contributed by atoms with Gasteiger partial charge in [0.05, 0.1) is 12.0 Å². The SMILES string of the molecule is CC1CC=Cc2nc[nH]c21. The Balaban J connectivity index is 2.52. The van der Waals surface area contributed by atoms with Gasteiger partial charge in [-0.2, -0.15) is 0 Å². The maximum absolute atomic E-state index is 4.16. The van der Waals surface area contributed by atoms with E-state index in [-0.39, 0.29) is 0 Å². The third-order valence-electron chi connectivity index (χ3n) is 1.96. The minimum absolute atomic E-state index is 0.613. The lowest BCUT2D eigenvalue weighted by atomic mass is 9.97. The molecule has 0 spiro atoms. The summed E-state index contributed by atoms with van der Waals surface area (Å²) in [6, 6.07) is 0. The molecule has 1 N–H and O–H groups in total. The van der Waals surface area contributed by atoms with Crippen LogP contribution in [0.15, 0.2) is 12.4 Å². The van der Waals surface area contributed by atoms with Crippen LogP contribution in [0, 0.1) is 0 Å². The summed E-state index contributed by atoms with van der Waals surface area (Å²) in [5, 5.41) is 0. The quantitative estimate of drug-likeness (QED) is 0.577. The molecule has 0 fully saturated rings. The zero-order chi connectivity index (χ0) is 6.97. The lowest BCUT2D eigenvalue weighted by Crippen LogP contribution is -1.98. The van der Waals surface area contributed by atoms with Crippen molar-refractivity contribution in [1.82, 2.24) is 9.97 Å². The van der Waals surface area contributed by atoms with Gasteiger partial charge in [0.1, 0.15) is 0 Å². The molecule has 1 aromatic heterocycles. The minimum Gasteiger partial charge on any atom is -0.348 e. The van der Waals surface area contributed by atoms with E-state index >= 15 is 0 Å². The molecule has 1 heterocycles. The van der Waals surface area contributed by atoms with Crippen LogP contribution in [-0.4, -0.2) is 9.97 Å². The number of aromatic amines is 1. The fraction of sp³-hybridized carbons (Fsp3) is 0.375. The normalized spacial score (nSPS) is 22.7. The molecule has 0 radical (unpaired) electrons. The molecule has 0 bridgehead atoms. The highest BCUT2D eigenvalue weighted by Gasteiger charge is 2.13. The molecule has 2 heteroatoms. The molecule has 10 heavy (non-hydrogen) atoms. The van der Waals surface area contributed by atoms with Crippen LogP contribution in [0.3, 0.4) is 0 Å². The van der Waals surface area contributed by atoms with Gasteiger partial charge in [-0.3, -0.25) is 0 Å². The Morgan fingerprint density at radius 2 is 2.60 bits per heavy atom. The number of nitrogens with one attached hydrogen (secondary N) is 1. The fourth-order valence-corrected chi connectivity index (χ4v) is 1.34. The van der Waals surface area contributed by atoms with Gasteiger partial charge >= 0.3 is 0 Å². The van der Waals surface area contributed by atoms with E-state index in [0.717, 1.165) is 12.1 Å². The molecule has 1 atom stereocenters. The number of imidazole rings is 1. The van der Waals surface area contributed by atoms with E-state index in [2.05, 4.69) is 29.0 Å². The van der Waals surface area contributed by atoms with Crippen LogP contribution in [0.25, 0.3) is 6.08 Å². The third kappa shape index (κ3) is 0.685. The van der Waals surface area contributed by atoms with Gasteiger partial charge in [-0.1, -0.05) is 13.0 Å². The van der Waals surface area contributed by atoms with E-state index in [4.69, 9.17) is 0 Å². The second kappa shape index (κ2) is 1.97.